The van der Waals surface area contributed by atoms with Crippen molar-refractivity contribution in [1.29, 1.82) is 0 Å². The Morgan fingerprint density at radius 2 is 1.58 bits per heavy atom. The van der Waals surface area contributed by atoms with Gasteiger partial charge in [0.25, 0.3) is 0 Å². The highest BCUT2D eigenvalue weighted by atomic mass is 32.3. The summed E-state index contributed by atoms with van der Waals surface area (Å²) < 4.78 is 86.4. The van der Waals surface area contributed by atoms with Crippen LogP contribution >= 0.6 is 16.5 Å². The third-order valence-electron chi connectivity index (χ3n) is 12.8. The maximum absolute atomic E-state index is 13.0. The van der Waals surface area contributed by atoms with Crippen LogP contribution in [-0.4, -0.2) is 77.9 Å². The zero-order valence-electron chi connectivity index (χ0n) is 27.0. The van der Waals surface area contributed by atoms with Gasteiger partial charge in [0.05, 0.1) is 31.5 Å². The van der Waals surface area contributed by atoms with Crippen molar-refractivity contribution in [2.45, 2.75) is 116 Å². The second kappa shape index (κ2) is 12.9. The minimum Gasteiger partial charge on any atom is -0.390 e. The number of aliphatic hydroxyl groups is 2. The molecular weight excluding hydrogens is 650 g/mol. The van der Waals surface area contributed by atoms with Crippen molar-refractivity contribution in [3.63, 3.8) is 0 Å². The summed E-state index contributed by atoms with van der Waals surface area (Å²) >= 11 is 0. The van der Waals surface area contributed by atoms with Crippen LogP contribution in [0.15, 0.2) is 0 Å². The maximum Gasteiger partial charge on any atom is 0.697 e. The van der Waals surface area contributed by atoms with E-state index in [1.54, 1.807) is 0 Å². The van der Waals surface area contributed by atoms with Gasteiger partial charge in [0.2, 0.25) is 0 Å². The second-order valence-corrected chi connectivity index (χ2v) is 17.9. The van der Waals surface area contributed by atoms with Crippen LogP contribution < -0.4 is 0 Å². The quantitative estimate of drug-likeness (QED) is 0.195. The van der Waals surface area contributed by atoms with Crippen LogP contribution in [-0.2, 0) is 42.0 Å². The first-order chi connectivity index (χ1) is 20.9. The molecule has 0 aromatic carbocycles. The fourth-order valence-corrected chi connectivity index (χ4v) is 12.3. The highest BCUT2D eigenvalue weighted by molar-refractivity contribution is 7.80. The highest BCUT2D eigenvalue weighted by Crippen LogP contribution is 2.71. The second-order valence-electron chi connectivity index (χ2n) is 15.1. The predicted molar refractivity (Wildman–Crippen MR) is 161 cm³/mol. The topological polar surface area (TPSA) is 195 Å². The molecule has 45 heavy (non-hydrogen) atoms. The first kappa shape index (κ1) is 36.1. The fourth-order valence-electron chi connectivity index (χ4n) is 10.8. The van der Waals surface area contributed by atoms with Crippen molar-refractivity contribution in [3.8, 4) is 0 Å². The number of fused-ring (bicyclic) bond motifs is 7. The largest absolute Gasteiger partial charge is 0.697 e. The average Bonchev–Trinajstić information content (AvgIpc) is 3.19. The van der Waals surface area contributed by atoms with Crippen LogP contribution in [0.4, 0.5) is 0 Å². The molecule has 1 saturated heterocycles. The van der Waals surface area contributed by atoms with Gasteiger partial charge in [-0.2, -0.15) is 8.42 Å². The molecular formula is C29H50O13P2S+2. The summed E-state index contributed by atoms with van der Waals surface area (Å²) in [7, 11) is -9.33. The van der Waals surface area contributed by atoms with E-state index in [0.717, 1.165) is 12.8 Å². The van der Waals surface area contributed by atoms with E-state index in [1.165, 1.54) is 7.11 Å². The lowest BCUT2D eigenvalue weighted by Crippen LogP contribution is -2.68. The molecule has 4 N–H and O–H groups in total. The van der Waals surface area contributed by atoms with E-state index >= 15 is 0 Å². The molecule has 7 unspecified atom stereocenters. The summed E-state index contributed by atoms with van der Waals surface area (Å²) in [6, 6.07) is 0. The van der Waals surface area contributed by atoms with Crippen LogP contribution in [0.5, 0.6) is 0 Å². The molecule has 258 valence electrons. The minimum atomic E-state index is -4.89. The van der Waals surface area contributed by atoms with Crippen LogP contribution in [0.25, 0.3) is 0 Å². The molecule has 0 bridgehead atoms. The molecule has 4 aliphatic carbocycles. The minimum absolute atomic E-state index is 0.0000162. The van der Waals surface area contributed by atoms with E-state index in [1.807, 2.05) is 6.92 Å². The summed E-state index contributed by atoms with van der Waals surface area (Å²) in [6.45, 7) is 12.8. The van der Waals surface area contributed by atoms with Crippen LogP contribution in [0.3, 0.4) is 0 Å². The number of aliphatic hydroxyl groups excluding tert-OH is 2. The zero-order chi connectivity index (χ0) is 33.4. The Morgan fingerprint density at radius 3 is 2.16 bits per heavy atom. The first-order valence-electron chi connectivity index (χ1n) is 16.0. The smallest absolute Gasteiger partial charge is 0.390 e. The molecule has 5 aliphatic rings. The van der Waals surface area contributed by atoms with Gasteiger partial charge in [-0.15, -0.1) is 18.5 Å². The molecule has 1 aliphatic heterocycles. The van der Waals surface area contributed by atoms with Gasteiger partial charge in [0.15, 0.2) is 0 Å². The van der Waals surface area contributed by atoms with Crippen molar-refractivity contribution >= 4 is 26.9 Å². The Labute approximate surface area is 267 Å². The Kier molecular flexibility index (Phi) is 10.4. The van der Waals surface area contributed by atoms with Crippen molar-refractivity contribution in [1.82, 2.24) is 0 Å². The summed E-state index contributed by atoms with van der Waals surface area (Å²) in [4.78, 5) is 10.0. The van der Waals surface area contributed by atoms with Crippen LogP contribution in [0.2, 0.25) is 0 Å². The van der Waals surface area contributed by atoms with Crippen LogP contribution in [0.1, 0.15) is 73.6 Å². The molecule has 0 aromatic heterocycles. The maximum atomic E-state index is 13.0. The molecule has 4 saturated carbocycles. The molecule has 1 heterocycles. The summed E-state index contributed by atoms with van der Waals surface area (Å²) in [5.74, 6) is -1.41. The molecule has 0 amide bonds. The van der Waals surface area contributed by atoms with Gasteiger partial charge in [0, 0.05) is 26.9 Å². The summed E-state index contributed by atoms with van der Waals surface area (Å²) in [5.41, 5.74) is -1.21. The zero-order valence-corrected chi connectivity index (χ0v) is 29.6. The summed E-state index contributed by atoms with van der Waals surface area (Å²) in [5, 5.41) is 23.4. The number of hydrogen-bond acceptors (Lipinski definition) is 11. The SMILES string of the molecule is CO[P+](=O)O[C@H]1C2C3C(CC[C@]2(C)C2[C@H](C)C[C@H]([C@@H](C)C(C)C)O[C@@H]21)[C@@]1(C)CC[C@@H](OS(=O)(=O)O)[C@H](O)C1[C@H](O)[C@@H]3O[P+](=O)O. The predicted octanol–water partition coefficient (Wildman–Crippen LogP) is 4.41. The number of hydrogen-bond donors (Lipinski definition) is 4. The van der Waals surface area contributed by atoms with Gasteiger partial charge in [-0.3, -0.25) is 4.55 Å². The van der Waals surface area contributed by atoms with Gasteiger partial charge in [-0.25, -0.2) is 4.18 Å². The van der Waals surface area contributed by atoms with Gasteiger partial charge >= 0.3 is 26.9 Å². The van der Waals surface area contributed by atoms with Gasteiger partial charge in [-0.1, -0.05) is 41.5 Å². The fraction of sp³-hybridized carbons (Fsp3) is 1.00. The number of rotatable bonds is 9. The van der Waals surface area contributed by atoms with Crippen LogP contribution in [0, 0.1) is 58.2 Å². The molecule has 18 atom stereocenters. The Morgan fingerprint density at radius 1 is 0.933 bits per heavy atom. The monoisotopic (exact) mass is 700 g/mol. The normalized spacial score (nSPS) is 49.4. The standard InChI is InChI=1S/C29H48O13P2S/c1-13(2)15(4)18-12-14(3)20-26(39-18)27(41-44(34)38-7)21-19-16(8-10-29(20,21)6)28(5)11-9-17(42-45(35,36)37)23(30)22(28)24(31)25(19)40-43(32)33/h13-27,30-31H,8-12H2,1-7H3/p+2/t14-,15+,16?,17-,18-,19?,20?,21?,22?,23+,24+,25-,26+,27+,28-,29-/m1/s1. The molecule has 0 aromatic rings. The number of ether oxygens (including phenoxy) is 1. The Bertz CT molecular complexity index is 1250. The molecule has 5 fully saturated rings. The third kappa shape index (κ3) is 6.23. The summed E-state index contributed by atoms with van der Waals surface area (Å²) in [6.07, 6.45) is -4.17. The van der Waals surface area contributed by atoms with E-state index in [4.69, 9.17) is 22.5 Å². The Hall–Kier alpha value is -0.210. The van der Waals surface area contributed by atoms with E-state index in [-0.39, 0.29) is 36.2 Å². The molecule has 16 heteroatoms. The molecule has 5 rings (SSSR count). The highest BCUT2D eigenvalue weighted by Gasteiger charge is 2.74. The molecule has 0 radical (unpaired) electrons. The lowest BCUT2D eigenvalue weighted by atomic mass is 9.42. The lowest BCUT2D eigenvalue weighted by molar-refractivity contribution is -0.248. The molecule has 0 spiro atoms. The van der Waals surface area contributed by atoms with Gasteiger partial charge in [0.1, 0.15) is 18.3 Å². The van der Waals surface area contributed by atoms with Crippen molar-refractivity contribution in [3.05, 3.63) is 0 Å². The van der Waals surface area contributed by atoms with E-state index in [0.29, 0.717) is 18.8 Å². The Balaban J connectivity index is 1.61. The van der Waals surface area contributed by atoms with Gasteiger partial charge < -0.3 is 14.9 Å². The molecule has 13 nitrogen and oxygen atoms in total. The van der Waals surface area contributed by atoms with Crippen molar-refractivity contribution in [2.24, 2.45) is 58.2 Å². The van der Waals surface area contributed by atoms with Crippen molar-refractivity contribution in [2.75, 3.05) is 7.11 Å². The van der Waals surface area contributed by atoms with E-state index in [2.05, 4.69) is 34.6 Å². The van der Waals surface area contributed by atoms with E-state index < -0.39 is 92.1 Å². The van der Waals surface area contributed by atoms with Crippen molar-refractivity contribution < 1.29 is 59.7 Å². The lowest BCUT2D eigenvalue weighted by Gasteiger charge is -2.64. The first-order valence-corrected chi connectivity index (χ1v) is 19.6. The average molecular weight is 701 g/mol. The third-order valence-corrected chi connectivity index (χ3v) is 14.5. The van der Waals surface area contributed by atoms with E-state index in [9.17, 15) is 37.2 Å². The van der Waals surface area contributed by atoms with Gasteiger partial charge in [-0.05, 0) is 72.5 Å².